The minimum absolute atomic E-state index is 0.117. The zero-order valence-electron chi connectivity index (χ0n) is 27.5. The van der Waals surface area contributed by atoms with Crippen molar-refractivity contribution < 1.29 is 0 Å². The molecule has 0 spiro atoms. The molecule has 228 valence electrons. The van der Waals surface area contributed by atoms with Gasteiger partial charge in [-0.05, 0) is 146 Å². The van der Waals surface area contributed by atoms with Gasteiger partial charge in [-0.1, -0.05) is 135 Å². The Morgan fingerprint density at radius 3 is 1.82 bits per heavy atom. The van der Waals surface area contributed by atoms with E-state index in [0.717, 1.165) is 0 Å². The van der Waals surface area contributed by atoms with Crippen LogP contribution in [0.3, 0.4) is 0 Å². The monoisotopic (exact) mass is 620 g/mol. The van der Waals surface area contributed by atoms with Crippen molar-refractivity contribution in [3.63, 3.8) is 0 Å². The van der Waals surface area contributed by atoms with Crippen LogP contribution in [0.25, 0.3) is 98.7 Å². The van der Waals surface area contributed by atoms with Crippen molar-refractivity contribution in [1.29, 1.82) is 0 Å². The zero-order valence-corrected chi connectivity index (χ0v) is 27.5. The van der Waals surface area contributed by atoms with E-state index in [1.54, 1.807) is 0 Å². The fourth-order valence-electron chi connectivity index (χ4n) is 9.26. The molecule has 9 aromatic carbocycles. The SMILES string of the molecule is CC1(C)c2cc3ccccc3cc2-c2c1c1ccc(-c3cccc(-c4cc5c6c(cccc6c4)-c4ccccc4-5)c3)cc1c1ccccc21. The molecule has 11 rings (SSSR count). The van der Waals surface area contributed by atoms with E-state index in [1.165, 1.54) is 110 Å². The summed E-state index contributed by atoms with van der Waals surface area (Å²) < 4.78 is 0. The summed E-state index contributed by atoms with van der Waals surface area (Å²) in [4.78, 5) is 0. The van der Waals surface area contributed by atoms with Crippen LogP contribution in [0.4, 0.5) is 0 Å². The summed E-state index contributed by atoms with van der Waals surface area (Å²) in [5.74, 6) is 0. The highest BCUT2D eigenvalue weighted by atomic mass is 14.4. The quantitative estimate of drug-likeness (QED) is 0.169. The van der Waals surface area contributed by atoms with Gasteiger partial charge in [0.1, 0.15) is 0 Å². The Bertz CT molecular complexity index is 2900. The maximum absolute atomic E-state index is 2.44. The Morgan fingerprint density at radius 2 is 0.980 bits per heavy atom. The highest BCUT2D eigenvalue weighted by molar-refractivity contribution is 6.20. The first kappa shape index (κ1) is 27.0. The lowest BCUT2D eigenvalue weighted by Crippen LogP contribution is -2.15. The van der Waals surface area contributed by atoms with Crippen LogP contribution in [0.5, 0.6) is 0 Å². The fraction of sp³-hybridized carbons (Fsp3) is 0.0612. The maximum atomic E-state index is 2.44. The van der Waals surface area contributed by atoms with Crippen LogP contribution in [-0.2, 0) is 5.41 Å². The van der Waals surface area contributed by atoms with Gasteiger partial charge >= 0.3 is 0 Å². The van der Waals surface area contributed by atoms with Gasteiger partial charge in [-0.2, -0.15) is 0 Å². The van der Waals surface area contributed by atoms with Crippen LogP contribution in [-0.4, -0.2) is 0 Å². The molecule has 0 amide bonds. The van der Waals surface area contributed by atoms with Crippen molar-refractivity contribution in [2.45, 2.75) is 19.3 Å². The predicted octanol–water partition coefficient (Wildman–Crippen LogP) is 13.6. The van der Waals surface area contributed by atoms with E-state index in [0.29, 0.717) is 0 Å². The van der Waals surface area contributed by atoms with Gasteiger partial charge in [0, 0.05) is 5.41 Å². The molecule has 49 heavy (non-hydrogen) atoms. The molecule has 0 unspecified atom stereocenters. The summed E-state index contributed by atoms with van der Waals surface area (Å²) in [7, 11) is 0. The van der Waals surface area contributed by atoms with Gasteiger partial charge in [-0.3, -0.25) is 0 Å². The summed E-state index contributed by atoms with van der Waals surface area (Å²) in [6.45, 7) is 4.82. The molecule has 0 fully saturated rings. The topological polar surface area (TPSA) is 0 Å². The van der Waals surface area contributed by atoms with E-state index in [4.69, 9.17) is 0 Å². The van der Waals surface area contributed by atoms with Crippen molar-refractivity contribution in [3.8, 4) is 55.6 Å². The Morgan fingerprint density at radius 1 is 0.347 bits per heavy atom. The highest BCUT2D eigenvalue weighted by Crippen LogP contribution is 2.56. The smallest absolute Gasteiger partial charge is 0.0165 e. The van der Waals surface area contributed by atoms with Gasteiger partial charge in [0.15, 0.2) is 0 Å². The zero-order chi connectivity index (χ0) is 32.4. The average Bonchev–Trinajstić information content (AvgIpc) is 3.59. The Balaban J connectivity index is 1.10. The Kier molecular flexibility index (Phi) is 5.27. The van der Waals surface area contributed by atoms with Crippen LogP contribution < -0.4 is 0 Å². The second kappa shape index (κ2) is 9.56. The number of hydrogen-bond acceptors (Lipinski definition) is 0. The Hall–Kier alpha value is -5.98. The summed E-state index contributed by atoms with van der Waals surface area (Å²) in [6.07, 6.45) is 0. The molecule has 0 bridgehead atoms. The van der Waals surface area contributed by atoms with Crippen molar-refractivity contribution in [2.75, 3.05) is 0 Å². The molecular weight excluding hydrogens is 589 g/mol. The number of rotatable bonds is 2. The second-order valence-corrected chi connectivity index (χ2v) is 14.5. The molecular formula is C49H32. The standard InChI is InChI=1S/C49H32/c1-49(2)45-28-32-12-4-3-11-31(32)26-44(45)47-40-19-8-7-18-38(40)42-25-33(21-22-41(42)48(47)49)29-13-9-14-30(23-29)35-24-34-15-10-20-39-36-16-5-6-17-37(36)43(27-35)46(34)39/h3-28H,1-2H3. The van der Waals surface area contributed by atoms with Crippen LogP contribution in [0.1, 0.15) is 25.0 Å². The molecule has 0 nitrogen and oxygen atoms in total. The Labute approximate surface area is 285 Å². The van der Waals surface area contributed by atoms with E-state index in [-0.39, 0.29) is 5.41 Å². The van der Waals surface area contributed by atoms with Crippen LogP contribution in [0, 0.1) is 0 Å². The third kappa shape index (κ3) is 3.64. The van der Waals surface area contributed by atoms with Crippen LogP contribution in [0.2, 0.25) is 0 Å². The molecule has 0 atom stereocenters. The molecule has 0 N–H and O–H groups in total. The molecule has 0 heteroatoms. The first-order valence-electron chi connectivity index (χ1n) is 17.3. The summed E-state index contributed by atoms with van der Waals surface area (Å²) >= 11 is 0. The normalized spacial score (nSPS) is 13.7. The van der Waals surface area contributed by atoms with Crippen molar-refractivity contribution in [1.82, 2.24) is 0 Å². The summed E-state index contributed by atoms with van der Waals surface area (Å²) in [5.41, 5.74) is 15.9. The molecule has 2 aliphatic rings. The van der Waals surface area contributed by atoms with Gasteiger partial charge < -0.3 is 0 Å². The first-order valence-corrected chi connectivity index (χ1v) is 17.3. The van der Waals surface area contributed by atoms with Gasteiger partial charge in [-0.15, -0.1) is 0 Å². The first-order chi connectivity index (χ1) is 24.0. The highest BCUT2D eigenvalue weighted by Gasteiger charge is 2.38. The average molecular weight is 621 g/mol. The second-order valence-electron chi connectivity index (χ2n) is 14.5. The molecule has 0 aromatic heterocycles. The van der Waals surface area contributed by atoms with E-state index in [1.807, 2.05) is 0 Å². The molecule has 2 aliphatic carbocycles. The van der Waals surface area contributed by atoms with Crippen molar-refractivity contribution in [3.05, 3.63) is 169 Å². The lowest BCUT2D eigenvalue weighted by molar-refractivity contribution is 0.667. The van der Waals surface area contributed by atoms with Crippen molar-refractivity contribution >= 4 is 43.1 Å². The van der Waals surface area contributed by atoms with E-state index >= 15 is 0 Å². The fourth-order valence-corrected chi connectivity index (χ4v) is 9.26. The van der Waals surface area contributed by atoms with Gasteiger partial charge in [0.2, 0.25) is 0 Å². The van der Waals surface area contributed by atoms with Crippen LogP contribution >= 0.6 is 0 Å². The molecule has 0 heterocycles. The van der Waals surface area contributed by atoms with E-state index in [9.17, 15) is 0 Å². The third-order valence-electron chi connectivity index (χ3n) is 11.5. The van der Waals surface area contributed by atoms with E-state index in [2.05, 4.69) is 172 Å². The minimum Gasteiger partial charge on any atom is -0.0616 e. The van der Waals surface area contributed by atoms with E-state index < -0.39 is 0 Å². The number of hydrogen-bond donors (Lipinski definition) is 0. The molecule has 0 saturated heterocycles. The predicted molar refractivity (Wildman–Crippen MR) is 209 cm³/mol. The number of benzene rings is 9. The number of fused-ring (bicyclic) bond motifs is 12. The summed E-state index contributed by atoms with van der Waals surface area (Å²) in [5, 5.41) is 10.6. The lowest BCUT2D eigenvalue weighted by atomic mass is 9.78. The van der Waals surface area contributed by atoms with Gasteiger partial charge in [-0.25, -0.2) is 0 Å². The molecule has 9 aromatic rings. The van der Waals surface area contributed by atoms with Gasteiger partial charge in [0.25, 0.3) is 0 Å². The maximum Gasteiger partial charge on any atom is 0.0165 e. The summed E-state index contributed by atoms with van der Waals surface area (Å²) in [6, 6.07) is 59.3. The van der Waals surface area contributed by atoms with Crippen LogP contribution in [0.15, 0.2) is 158 Å². The third-order valence-corrected chi connectivity index (χ3v) is 11.5. The lowest BCUT2D eigenvalue weighted by Gasteiger charge is -2.24. The minimum atomic E-state index is -0.117. The molecule has 0 radical (unpaired) electrons. The van der Waals surface area contributed by atoms with Crippen molar-refractivity contribution in [2.24, 2.45) is 0 Å². The molecule has 0 saturated carbocycles. The largest absolute Gasteiger partial charge is 0.0616 e. The molecule has 0 aliphatic heterocycles. The van der Waals surface area contributed by atoms with Gasteiger partial charge in [0.05, 0.1) is 0 Å².